The highest BCUT2D eigenvalue weighted by Gasteiger charge is 2.33. The molecule has 0 bridgehead atoms. The topological polar surface area (TPSA) is 67.9 Å². The van der Waals surface area contributed by atoms with Gasteiger partial charge in [0.2, 0.25) is 0 Å². The first kappa shape index (κ1) is 18.8. The van der Waals surface area contributed by atoms with E-state index >= 15 is 0 Å². The molecule has 1 aliphatic rings. The first-order chi connectivity index (χ1) is 12.9. The van der Waals surface area contributed by atoms with Crippen molar-refractivity contribution in [3.05, 3.63) is 53.1 Å². The molecule has 27 heavy (non-hydrogen) atoms. The fourth-order valence-electron chi connectivity index (χ4n) is 3.37. The average molecular weight is 368 g/mol. The number of amides is 2. The zero-order valence-corrected chi connectivity index (χ0v) is 16.0. The molecular weight excluding hydrogens is 344 g/mol. The number of para-hydroxylation sites is 2. The first-order valence-corrected chi connectivity index (χ1v) is 8.89. The SMILES string of the molecule is CNC(=O)[C@@H]1CN(C(=O)COc2c(C)cc(C)cc2C)c2ccccc2O1. The molecule has 6 nitrogen and oxygen atoms in total. The number of ether oxygens (including phenoxy) is 2. The Hall–Kier alpha value is -3.02. The summed E-state index contributed by atoms with van der Waals surface area (Å²) < 4.78 is 11.6. The summed E-state index contributed by atoms with van der Waals surface area (Å²) in [6.07, 6.45) is -0.753. The molecule has 1 heterocycles. The molecule has 0 aliphatic carbocycles. The number of rotatable bonds is 4. The number of benzene rings is 2. The summed E-state index contributed by atoms with van der Waals surface area (Å²) in [6.45, 7) is 5.99. The van der Waals surface area contributed by atoms with Gasteiger partial charge in [0.1, 0.15) is 11.5 Å². The summed E-state index contributed by atoms with van der Waals surface area (Å²) in [4.78, 5) is 26.5. The third kappa shape index (κ3) is 3.89. The summed E-state index contributed by atoms with van der Waals surface area (Å²) in [5.41, 5.74) is 3.78. The average Bonchev–Trinajstić information content (AvgIpc) is 2.65. The van der Waals surface area contributed by atoms with E-state index in [0.717, 1.165) is 22.4 Å². The lowest BCUT2D eigenvalue weighted by molar-refractivity contribution is -0.128. The number of fused-ring (bicyclic) bond motifs is 1. The van der Waals surface area contributed by atoms with Gasteiger partial charge in [-0.25, -0.2) is 0 Å². The van der Waals surface area contributed by atoms with Crippen molar-refractivity contribution in [2.24, 2.45) is 0 Å². The minimum absolute atomic E-state index is 0.112. The number of hydrogen-bond donors (Lipinski definition) is 1. The second-order valence-corrected chi connectivity index (χ2v) is 6.71. The lowest BCUT2D eigenvalue weighted by Crippen LogP contribution is -2.51. The van der Waals surface area contributed by atoms with Gasteiger partial charge in [-0.3, -0.25) is 9.59 Å². The van der Waals surface area contributed by atoms with Crippen molar-refractivity contribution in [1.29, 1.82) is 0 Å². The van der Waals surface area contributed by atoms with Crippen LogP contribution in [0.2, 0.25) is 0 Å². The Morgan fingerprint density at radius 3 is 2.52 bits per heavy atom. The molecule has 6 heteroatoms. The van der Waals surface area contributed by atoms with Crippen LogP contribution in [0.5, 0.6) is 11.5 Å². The van der Waals surface area contributed by atoms with Gasteiger partial charge >= 0.3 is 0 Å². The number of carbonyl (C=O) groups is 2. The molecule has 142 valence electrons. The molecule has 0 fully saturated rings. The lowest BCUT2D eigenvalue weighted by atomic mass is 10.1. The van der Waals surface area contributed by atoms with Gasteiger partial charge in [0.05, 0.1) is 12.2 Å². The minimum atomic E-state index is -0.753. The predicted molar refractivity (Wildman–Crippen MR) is 103 cm³/mol. The van der Waals surface area contributed by atoms with Gasteiger partial charge in [0, 0.05) is 7.05 Å². The molecule has 0 unspecified atom stereocenters. The van der Waals surface area contributed by atoms with E-state index in [1.807, 2.05) is 45.0 Å². The van der Waals surface area contributed by atoms with E-state index in [1.165, 1.54) is 0 Å². The van der Waals surface area contributed by atoms with Crippen molar-refractivity contribution in [3.8, 4) is 11.5 Å². The van der Waals surface area contributed by atoms with Crippen LogP contribution in [-0.4, -0.2) is 38.1 Å². The van der Waals surface area contributed by atoms with E-state index < -0.39 is 6.10 Å². The number of carbonyl (C=O) groups excluding carboxylic acids is 2. The number of nitrogens with one attached hydrogen (secondary N) is 1. The Morgan fingerprint density at radius 1 is 1.19 bits per heavy atom. The van der Waals surface area contributed by atoms with E-state index in [9.17, 15) is 9.59 Å². The molecule has 0 saturated heterocycles. The first-order valence-electron chi connectivity index (χ1n) is 8.89. The maximum atomic E-state index is 12.9. The largest absolute Gasteiger partial charge is 0.483 e. The van der Waals surface area contributed by atoms with Crippen molar-refractivity contribution < 1.29 is 19.1 Å². The number of anilines is 1. The van der Waals surface area contributed by atoms with Gasteiger partial charge in [0.25, 0.3) is 11.8 Å². The second-order valence-electron chi connectivity index (χ2n) is 6.71. The third-order valence-electron chi connectivity index (χ3n) is 4.56. The van der Waals surface area contributed by atoms with Crippen LogP contribution in [0.1, 0.15) is 16.7 Å². The van der Waals surface area contributed by atoms with Crippen LogP contribution in [0, 0.1) is 20.8 Å². The third-order valence-corrected chi connectivity index (χ3v) is 4.56. The molecule has 1 atom stereocenters. The molecule has 2 amide bonds. The van der Waals surface area contributed by atoms with Crippen molar-refractivity contribution in [3.63, 3.8) is 0 Å². The molecular formula is C21H24N2O4. The number of aryl methyl sites for hydroxylation is 3. The highest BCUT2D eigenvalue weighted by Crippen LogP contribution is 2.33. The maximum Gasteiger partial charge on any atom is 0.265 e. The highest BCUT2D eigenvalue weighted by atomic mass is 16.5. The minimum Gasteiger partial charge on any atom is -0.483 e. The maximum absolute atomic E-state index is 12.9. The monoisotopic (exact) mass is 368 g/mol. The van der Waals surface area contributed by atoms with Gasteiger partial charge in [-0.05, 0) is 44.0 Å². The van der Waals surface area contributed by atoms with E-state index in [0.29, 0.717) is 11.4 Å². The van der Waals surface area contributed by atoms with Crippen LogP contribution in [0.3, 0.4) is 0 Å². The normalized spacial score (nSPS) is 15.6. The van der Waals surface area contributed by atoms with Crippen LogP contribution in [-0.2, 0) is 9.59 Å². The van der Waals surface area contributed by atoms with E-state index in [2.05, 4.69) is 5.32 Å². The standard InChI is InChI=1S/C21H24N2O4/c1-13-9-14(2)20(15(3)10-13)26-12-19(24)23-11-18(21(25)22-4)27-17-8-6-5-7-16(17)23/h5-10,18H,11-12H2,1-4H3,(H,22,25)/t18-/m0/s1. The number of nitrogens with zero attached hydrogens (tertiary/aromatic N) is 1. The number of hydrogen-bond acceptors (Lipinski definition) is 4. The van der Waals surface area contributed by atoms with Gasteiger partial charge < -0.3 is 19.7 Å². The van der Waals surface area contributed by atoms with Gasteiger partial charge in [-0.15, -0.1) is 0 Å². The van der Waals surface area contributed by atoms with Crippen molar-refractivity contribution in [2.75, 3.05) is 25.1 Å². The summed E-state index contributed by atoms with van der Waals surface area (Å²) in [5, 5.41) is 2.57. The molecule has 0 radical (unpaired) electrons. The summed E-state index contributed by atoms with van der Waals surface area (Å²) >= 11 is 0. The quantitative estimate of drug-likeness (QED) is 0.901. The molecule has 3 rings (SSSR count). The van der Waals surface area contributed by atoms with E-state index in [4.69, 9.17) is 9.47 Å². The second kappa shape index (κ2) is 7.70. The Balaban J connectivity index is 1.80. The molecule has 0 aromatic heterocycles. The highest BCUT2D eigenvalue weighted by molar-refractivity contribution is 5.98. The smallest absolute Gasteiger partial charge is 0.265 e. The zero-order chi connectivity index (χ0) is 19.6. The summed E-state index contributed by atoms with van der Waals surface area (Å²) in [6, 6.07) is 11.2. The Labute approximate surface area is 159 Å². The molecule has 0 saturated carbocycles. The predicted octanol–water partition coefficient (Wildman–Crippen LogP) is 2.53. The number of likely N-dealkylation sites (N-methyl/N-ethyl adjacent to an activating group) is 1. The van der Waals surface area contributed by atoms with Crippen LogP contribution in [0.4, 0.5) is 5.69 Å². The van der Waals surface area contributed by atoms with Gasteiger partial charge in [-0.2, -0.15) is 0 Å². The molecule has 1 N–H and O–H groups in total. The van der Waals surface area contributed by atoms with Crippen LogP contribution in [0.25, 0.3) is 0 Å². The van der Waals surface area contributed by atoms with E-state index in [1.54, 1.807) is 24.1 Å². The van der Waals surface area contributed by atoms with Crippen LogP contribution < -0.4 is 19.7 Å². The molecule has 2 aromatic rings. The van der Waals surface area contributed by atoms with E-state index in [-0.39, 0.29) is 25.0 Å². The molecule has 1 aliphatic heterocycles. The fourth-order valence-corrected chi connectivity index (χ4v) is 3.37. The van der Waals surface area contributed by atoms with Crippen molar-refractivity contribution >= 4 is 17.5 Å². The lowest BCUT2D eigenvalue weighted by Gasteiger charge is -2.34. The summed E-state index contributed by atoms with van der Waals surface area (Å²) in [7, 11) is 1.55. The zero-order valence-electron chi connectivity index (χ0n) is 16.0. The van der Waals surface area contributed by atoms with Crippen molar-refractivity contribution in [1.82, 2.24) is 5.32 Å². The van der Waals surface area contributed by atoms with Crippen LogP contribution in [0.15, 0.2) is 36.4 Å². The van der Waals surface area contributed by atoms with Gasteiger partial charge in [0.15, 0.2) is 12.7 Å². The summed E-state index contributed by atoms with van der Waals surface area (Å²) in [5.74, 6) is 0.735. The fraction of sp³-hybridized carbons (Fsp3) is 0.333. The molecule has 2 aromatic carbocycles. The Kier molecular flexibility index (Phi) is 5.35. The van der Waals surface area contributed by atoms with Crippen molar-refractivity contribution in [2.45, 2.75) is 26.9 Å². The Morgan fingerprint density at radius 2 is 1.85 bits per heavy atom. The van der Waals surface area contributed by atoms with Gasteiger partial charge in [-0.1, -0.05) is 29.8 Å². The Bertz CT molecular complexity index is 855. The molecule has 0 spiro atoms. The van der Waals surface area contributed by atoms with Crippen LogP contribution >= 0.6 is 0 Å².